The van der Waals surface area contributed by atoms with Crippen LogP contribution in [0.5, 0.6) is 0 Å². The number of aromatic nitrogens is 2. The fourth-order valence-corrected chi connectivity index (χ4v) is 2.46. The summed E-state index contributed by atoms with van der Waals surface area (Å²) in [6, 6.07) is 0. The van der Waals surface area contributed by atoms with Crippen molar-refractivity contribution in [2.75, 3.05) is 18.5 Å². The van der Waals surface area contributed by atoms with Gasteiger partial charge in [0.2, 0.25) is 0 Å². The summed E-state index contributed by atoms with van der Waals surface area (Å²) in [5.74, 6) is 0.628. The van der Waals surface area contributed by atoms with E-state index in [1.165, 1.54) is 12.8 Å². The van der Waals surface area contributed by atoms with E-state index in [2.05, 4.69) is 26.3 Å². The molecule has 5 nitrogen and oxygen atoms in total. The highest BCUT2D eigenvalue weighted by Crippen LogP contribution is 2.30. The first kappa shape index (κ1) is 15.5. The molecular formula is C14H22BrN3O2. The van der Waals surface area contributed by atoms with Gasteiger partial charge in [0.05, 0.1) is 17.5 Å². The summed E-state index contributed by atoms with van der Waals surface area (Å²) >= 11 is 3.37. The predicted molar refractivity (Wildman–Crippen MR) is 83.1 cm³/mol. The highest BCUT2D eigenvalue weighted by molar-refractivity contribution is 9.10. The van der Waals surface area contributed by atoms with Crippen molar-refractivity contribution < 1.29 is 4.74 Å². The van der Waals surface area contributed by atoms with E-state index in [0.717, 1.165) is 12.2 Å². The summed E-state index contributed by atoms with van der Waals surface area (Å²) in [4.78, 5) is 12.2. The standard InChI is InChI=1S/C14H22BrN3O2/c1-4-20-14(2,3)9-16-11-7-17-18(8-10-5-6-10)13(19)12(11)15/h7,10,16H,4-6,8-9H2,1-3H3. The van der Waals surface area contributed by atoms with Crippen molar-refractivity contribution in [3.8, 4) is 0 Å². The number of hydrogen-bond acceptors (Lipinski definition) is 4. The lowest BCUT2D eigenvalue weighted by atomic mass is 10.1. The van der Waals surface area contributed by atoms with Crippen LogP contribution in [0.1, 0.15) is 33.6 Å². The Hall–Kier alpha value is -0.880. The minimum absolute atomic E-state index is 0.0730. The fraction of sp³-hybridized carbons (Fsp3) is 0.714. The van der Waals surface area contributed by atoms with Crippen molar-refractivity contribution in [1.29, 1.82) is 0 Å². The van der Waals surface area contributed by atoms with Gasteiger partial charge in [-0.1, -0.05) is 0 Å². The molecular weight excluding hydrogens is 322 g/mol. The van der Waals surface area contributed by atoms with Gasteiger partial charge in [0.1, 0.15) is 4.47 Å². The molecule has 1 heterocycles. The Balaban J connectivity index is 2.05. The second-order valence-electron chi connectivity index (χ2n) is 5.85. The Bertz CT molecular complexity index is 524. The molecule has 1 aliphatic rings. The molecule has 2 rings (SSSR count). The lowest BCUT2D eigenvalue weighted by Crippen LogP contribution is -2.34. The van der Waals surface area contributed by atoms with Crippen LogP contribution in [0.15, 0.2) is 15.5 Å². The van der Waals surface area contributed by atoms with Crippen molar-refractivity contribution in [2.45, 2.75) is 45.8 Å². The van der Waals surface area contributed by atoms with E-state index in [-0.39, 0.29) is 11.2 Å². The van der Waals surface area contributed by atoms with E-state index >= 15 is 0 Å². The van der Waals surface area contributed by atoms with Crippen LogP contribution >= 0.6 is 15.9 Å². The third-order valence-electron chi connectivity index (χ3n) is 3.35. The molecule has 6 heteroatoms. The van der Waals surface area contributed by atoms with E-state index in [9.17, 15) is 4.79 Å². The molecule has 1 aliphatic carbocycles. The molecule has 0 saturated heterocycles. The van der Waals surface area contributed by atoms with Crippen molar-refractivity contribution in [3.63, 3.8) is 0 Å². The SMILES string of the molecule is CCOC(C)(C)CNc1cnn(CC2CC2)c(=O)c1Br. The van der Waals surface area contributed by atoms with Crippen molar-refractivity contribution in [2.24, 2.45) is 5.92 Å². The summed E-state index contributed by atoms with van der Waals surface area (Å²) < 4.78 is 7.71. The largest absolute Gasteiger partial charge is 0.380 e. The summed E-state index contributed by atoms with van der Waals surface area (Å²) in [5, 5.41) is 7.46. The molecule has 0 spiro atoms. The molecule has 0 aliphatic heterocycles. The zero-order chi connectivity index (χ0) is 14.8. The van der Waals surface area contributed by atoms with Crippen LogP contribution in [0.25, 0.3) is 0 Å². The minimum Gasteiger partial charge on any atom is -0.380 e. The molecule has 1 aromatic rings. The Morgan fingerprint density at radius 3 is 2.85 bits per heavy atom. The molecule has 0 unspecified atom stereocenters. The molecule has 20 heavy (non-hydrogen) atoms. The van der Waals surface area contributed by atoms with Gasteiger partial charge >= 0.3 is 0 Å². The van der Waals surface area contributed by atoms with E-state index in [4.69, 9.17) is 4.74 Å². The third-order valence-corrected chi connectivity index (χ3v) is 4.12. The molecule has 1 N–H and O–H groups in total. The maximum atomic E-state index is 12.2. The molecule has 1 fully saturated rings. The molecule has 0 radical (unpaired) electrons. The van der Waals surface area contributed by atoms with E-state index in [0.29, 0.717) is 23.5 Å². The van der Waals surface area contributed by atoms with E-state index in [1.807, 2.05) is 20.8 Å². The molecule has 0 amide bonds. The third kappa shape index (κ3) is 4.06. The molecule has 0 bridgehead atoms. The number of nitrogens with zero attached hydrogens (tertiary/aromatic N) is 2. The number of halogens is 1. The van der Waals surface area contributed by atoms with Crippen molar-refractivity contribution >= 4 is 21.6 Å². The summed E-state index contributed by atoms with van der Waals surface area (Å²) in [5.41, 5.74) is 0.364. The Labute approximate surface area is 127 Å². The molecule has 1 aromatic heterocycles. The zero-order valence-electron chi connectivity index (χ0n) is 12.3. The highest BCUT2D eigenvalue weighted by Gasteiger charge is 2.24. The summed E-state index contributed by atoms with van der Waals surface area (Å²) in [6.45, 7) is 8.00. The minimum atomic E-state index is -0.281. The van der Waals surface area contributed by atoms with Gasteiger partial charge in [-0.2, -0.15) is 5.10 Å². The van der Waals surface area contributed by atoms with Crippen LogP contribution < -0.4 is 10.9 Å². The maximum Gasteiger partial charge on any atom is 0.283 e. The van der Waals surface area contributed by atoms with Crippen LogP contribution in [0.2, 0.25) is 0 Å². The fourth-order valence-electron chi connectivity index (χ4n) is 2.01. The number of ether oxygens (including phenoxy) is 1. The van der Waals surface area contributed by atoms with Crippen LogP contribution in [-0.4, -0.2) is 28.5 Å². The van der Waals surface area contributed by atoms with Crippen molar-refractivity contribution in [1.82, 2.24) is 9.78 Å². The van der Waals surface area contributed by atoms with Gasteiger partial charge < -0.3 is 10.1 Å². The Morgan fingerprint density at radius 1 is 1.55 bits per heavy atom. The summed E-state index contributed by atoms with van der Waals surface area (Å²) in [6.07, 6.45) is 4.11. The average Bonchev–Trinajstić information content (AvgIpc) is 3.18. The first-order chi connectivity index (χ1) is 9.43. The first-order valence-corrected chi connectivity index (χ1v) is 7.85. The number of hydrogen-bond donors (Lipinski definition) is 1. The van der Waals surface area contributed by atoms with E-state index < -0.39 is 0 Å². The van der Waals surface area contributed by atoms with Gasteiger partial charge in [0.25, 0.3) is 5.56 Å². The molecule has 1 saturated carbocycles. The lowest BCUT2D eigenvalue weighted by Gasteiger charge is -2.25. The number of anilines is 1. The lowest BCUT2D eigenvalue weighted by molar-refractivity contribution is 0.000680. The first-order valence-electron chi connectivity index (χ1n) is 7.06. The quantitative estimate of drug-likeness (QED) is 0.826. The normalized spacial score (nSPS) is 15.4. The van der Waals surface area contributed by atoms with Crippen LogP contribution in [0.3, 0.4) is 0 Å². The van der Waals surface area contributed by atoms with Gasteiger partial charge in [-0.25, -0.2) is 4.68 Å². The monoisotopic (exact) mass is 343 g/mol. The predicted octanol–water partition coefficient (Wildman–Crippen LogP) is 2.64. The van der Waals surface area contributed by atoms with Gasteiger partial charge in [0, 0.05) is 19.7 Å². The van der Waals surface area contributed by atoms with Crippen molar-refractivity contribution in [3.05, 3.63) is 21.0 Å². The average molecular weight is 344 g/mol. The van der Waals surface area contributed by atoms with E-state index in [1.54, 1.807) is 10.9 Å². The second-order valence-corrected chi connectivity index (χ2v) is 6.64. The number of rotatable bonds is 7. The number of nitrogens with one attached hydrogen (secondary N) is 1. The topological polar surface area (TPSA) is 56.1 Å². The molecule has 0 atom stereocenters. The van der Waals surface area contributed by atoms with Gasteiger partial charge in [0.15, 0.2) is 0 Å². The smallest absolute Gasteiger partial charge is 0.283 e. The van der Waals surface area contributed by atoms with Gasteiger partial charge in [-0.05, 0) is 55.5 Å². The Kier molecular flexibility index (Phi) is 4.86. The highest BCUT2D eigenvalue weighted by atomic mass is 79.9. The van der Waals surface area contributed by atoms with Crippen LogP contribution in [-0.2, 0) is 11.3 Å². The van der Waals surface area contributed by atoms with Crippen LogP contribution in [0, 0.1) is 5.92 Å². The second kappa shape index (κ2) is 6.26. The molecule has 112 valence electrons. The van der Waals surface area contributed by atoms with Gasteiger partial charge in [-0.3, -0.25) is 4.79 Å². The molecule has 0 aromatic carbocycles. The Morgan fingerprint density at radius 2 is 2.25 bits per heavy atom. The van der Waals surface area contributed by atoms with Crippen LogP contribution in [0.4, 0.5) is 5.69 Å². The maximum absolute atomic E-state index is 12.2. The zero-order valence-corrected chi connectivity index (χ0v) is 13.9. The summed E-state index contributed by atoms with van der Waals surface area (Å²) in [7, 11) is 0. The van der Waals surface area contributed by atoms with Gasteiger partial charge in [-0.15, -0.1) is 0 Å².